The van der Waals surface area contributed by atoms with Gasteiger partial charge < -0.3 is 9.55 Å². The molecule has 22 heavy (non-hydrogen) atoms. The average molecular weight is 293 g/mol. The highest BCUT2D eigenvalue weighted by Gasteiger charge is 2.38. The van der Waals surface area contributed by atoms with Gasteiger partial charge in [0.1, 0.15) is 0 Å². The van der Waals surface area contributed by atoms with Crippen molar-refractivity contribution in [3.8, 4) is 0 Å². The number of fused-ring (bicyclic) bond motifs is 3. The summed E-state index contributed by atoms with van der Waals surface area (Å²) in [4.78, 5) is 20.7. The van der Waals surface area contributed by atoms with E-state index in [1.807, 2.05) is 19.1 Å². The quantitative estimate of drug-likeness (QED) is 0.744. The van der Waals surface area contributed by atoms with E-state index in [-0.39, 0.29) is 11.7 Å². The molecule has 3 aromatic rings. The Balaban J connectivity index is 1.97. The van der Waals surface area contributed by atoms with E-state index in [9.17, 15) is 4.79 Å². The fourth-order valence-electron chi connectivity index (χ4n) is 3.95. The number of nitrogens with one attached hydrogen (secondary N) is 1. The van der Waals surface area contributed by atoms with Gasteiger partial charge in [-0.05, 0) is 25.3 Å². The topological polar surface area (TPSA) is 50.7 Å². The summed E-state index contributed by atoms with van der Waals surface area (Å²) in [5.41, 5.74) is 5.08. The van der Waals surface area contributed by atoms with Gasteiger partial charge in [0.15, 0.2) is 5.78 Å². The van der Waals surface area contributed by atoms with Gasteiger partial charge in [0.05, 0.1) is 17.9 Å². The summed E-state index contributed by atoms with van der Waals surface area (Å²) in [6, 6.07) is 8.17. The first kappa shape index (κ1) is 13.3. The van der Waals surface area contributed by atoms with Crippen LogP contribution in [-0.2, 0) is 7.05 Å². The van der Waals surface area contributed by atoms with E-state index in [4.69, 9.17) is 0 Å². The number of ketones is 1. The van der Waals surface area contributed by atoms with Crippen LogP contribution in [0.4, 0.5) is 0 Å². The van der Waals surface area contributed by atoms with Crippen molar-refractivity contribution < 1.29 is 4.79 Å². The molecule has 1 N–H and O–H groups in total. The van der Waals surface area contributed by atoms with Crippen molar-refractivity contribution in [3.63, 3.8) is 0 Å². The molecule has 4 nitrogen and oxygen atoms in total. The van der Waals surface area contributed by atoms with E-state index in [2.05, 4.69) is 40.6 Å². The Morgan fingerprint density at radius 2 is 2.09 bits per heavy atom. The highest BCUT2D eigenvalue weighted by atomic mass is 16.1. The molecule has 2 unspecified atom stereocenters. The van der Waals surface area contributed by atoms with Crippen LogP contribution in [0.5, 0.6) is 0 Å². The van der Waals surface area contributed by atoms with Crippen LogP contribution in [0.15, 0.2) is 30.6 Å². The van der Waals surface area contributed by atoms with E-state index in [1.165, 1.54) is 0 Å². The molecule has 112 valence electrons. The minimum absolute atomic E-state index is 0.139. The predicted octanol–water partition coefficient (Wildman–Crippen LogP) is 3.68. The Kier molecular flexibility index (Phi) is 2.76. The lowest BCUT2D eigenvalue weighted by Gasteiger charge is -2.27. The maximum absolute atomic E-state index is 13.2. The summed E-state index contributed by atoms with van der Waals surface area (Å²) in [6.45, 7) is 4.19. The predicted molar refractivity (Wildman–Crippen MR) is 86.3 cm³/mol. The Morgan fingerprint density at radius 1 is 1.32 bits per heavy atom. The molecule has 0 radical (unpaired) electrons. The van der Waals surface area contributed by atoms with E-state index >= 15 is 0 Å². The first-order chi connectivity index (χ1) is 10.6. The van der Waals surface area contributed by atoms with Crippen molar-refractivity contribution in [1.82, 2.24) is 14.5 Å². The SMILES string of the molecule is Cc1[nH]cnc1C1CC(C)c2c(c3ccccc3n2C)C1=O. The maximum Gasteiger partial charge on any atom is 0.174 e. The zero-order valence-electron chi connectivity index (χ0n) is 13.1. The number of aromatic amines is 1. The molecule has 4 rings (SSSR count). The van der Waals surface area contributed by atoms with Gasteiger partial charge in [-0.3, -0.25) is 4.79 Å². The molecule has 0 fully saturated rings. The van der Waals surface area contributed by atoms with Crippen molar-refractivity contribution in [1.29, 1.82) is 0 Å². The van der Waals surface area contributed by atoms with Crippen LogP contribution >= 0.6 is 0 Å². The molecule has 0 saturated heterocycles. The van der Waals surface area contributed by atoms with Crippen LogP contribution in [-0.4, -0.2) is 20.3 Å². The third kappa shape index (κ3) is 1.64. The van der Waals surface area contributed by atoms with E-state index in [0.29, 0.717) is 5.92 Å². The zero-order chi connectivity index (χ0) is 15.4. The minimum atomic E-state index is -0.139. The van der Waals surface area contributed by atoms with E-state index < -0.39 is 0 Å². The van der Waals surface area contributed by atoms with Gasteiger partial charge in [-0.25, -0.2) is 4.98 Å². The summed E-state index contributed by atoms with van der Waals surface area (Å²) in [5.74, 6) is 0.408. The number of carbonyl (C=O) groups excluding carboxylic acids is 1. The van der Waals surface area contributed by atoms with Crippen molar-refractivity contribution in [2.24, 2.45) is 7.05 Å². The molecule has 2 aromatic heterocycles. The molecule has 0 saturated carbocycles. The fraction of sp³-hybridized carbons (Fsp3) is 0.333. The molecule has 4 heteroatoms. The molecule has 2 heterocycles. The zero-order valence-corrected chi connectivity index (χ0v) is 13.1. The van der Waals surface area contributed by atoms with Crippen molar-refractivity contribution in [2.45, 2.75) is 32.1 Å². The fourth-order valence-corrected chi connectivity index (χ4v) is 3.95. The summed E-state index contributed by atoms with van der Waals surface area (Å²) in [5, 5.41) is 1.06. The number of imidazole rings is 1. The lowest BCUT2D eigenvalue weighted by Crippen LogP contribution is -2.24. The van der Waals surface area contributed by atoms with Gasteiger partial charge in [-0.15, -0.1) is 0 Å². The molecular formula is C18H19N3O. The monoisotopic (exact) mass is 293 g/mol. The van der Waals surface area contributed by atoms with Crippen LogP contribution in [0, 0.1) is 6.92 Å². The molecule has 0 amide bonds. The van der Waals surface area contributed by atoms with Crippen LogP contribution in [0.25, 0.3) is 10.9 Å². The van der Waals surface area contributed by atoms with E-state index in [1.54, 1.807) is 6.33 Å². The largest absolute Gasteiger partial charge is 0.348 e. The molecular weight excluding hydrogens is 274 g/mol. The lowest BCUT2D eigenvalue weighted by atomic mass is 9.77. The Bertz CT molecular complexity index is 887. The normalized spacial score (nSPS) is 21.3. The number of benzene rings is 1. The standard InChI is InChI=1S/C18H19N3O/c1-10-8-13(16-11(2)19-9-20-16)18(22)15-12-6-4-5-7-14(12)21(3)17(10)15/h4-7,9-10,13H,8H2,1-3H3,(H,19,20). The number of rotatable bonds is 1. The Morgan fingerprint density at radius 3 is 2.82 bits per heavy atom. The molecule has 1 aromatic carbocycles. The molecule has 1 aliphatic rings. The molecule has 0 aliphatic heterocycles. The third-order valence-corrected chi connectivity index (χ3v) is 4.97. The second kappa shape index (κ2) is 4.57. The molecule has 2 atom stereocenters. The lowest BCUT2D eigenvalue weighted by molar-refractivity contribution is 0.0939. The van der Waals surface area contributed by atoms with Crippen molar-refractivity contribution in [3.05, 3.63) is 53.2 Å². The first-order valence-corrected chi connectivity index (χ1v) is 7.71. The molecule has 0 spiro atoms. The number of aromatic nitrogens is 3. The average Bonchev–Trinajstić information content (AvgIpc) is 3.06. The molecule has 0 bridgehead atoms. The van der Waals surface area contributed by atoms with Gasteiger partial charge in [0, 0.05) is 34.9 Å². The van der Waals surface area contributed by atoms with Crippen LogP contribution in [0.1, 0.15) is 52.6 Å². The van der Waals surface area contributed by atoms with Gasteiger partial charge >= 0.3 is 0 Å². The smallest absolute Gasteiger partial charge is 0.174 e. The van der Waals surface area contributed by atoms with Crippen LogP contribution < -0.4 is 0 Å². The first-order valence-electron chi connectivity index (χ1n) is 7.71. The van der Waals surface area contributed by atoms with Crippen molar-refractivity contribution >= 4 is 16.7 Å². The second-order valence-electron chi connectivity index (χ2n) is 6.30. The minimum Gasteiger partial charge on any atom is -0.348 e. The summed E-state index contributed by atoms with van der Waals surface area (Å²) < 4.78 is 2.18. The van der Waals surface area contributed by atoms with Crippen LogP contribution in [0.3, 0.4) is 0 Å². The number of carbonyl (C=O) groups is 1. The van der Waals surface area contributed by atoms with Crippen LogP contribution in [0.2, 0.25) is 0 Å². The number of aryl methyl sites for hydroxylation is 2. The summed E-state index contributed by atoms with van der Waals surface area (Å²) in [7, 11) is 2.06. The maximum atomic E-state index is 13.2. The summed E-state index contributed by atoms with van der Waals surface area (Å²) in [6.07, 6.45) is 2.50. The highest BCUT2D eigenvalue weighted by Crippen LogP contribution is 2.43. The Labute approximate surface area is 129 Å². The van der Waals surface area contributed by atoms with Gasteiger partial charge in [0.25, 0.3) is 0 Å². The number of para-hydroxylation sites is 1. The number of hydrogen-bond acceptors (Lipinski definition) is 2. The number of H-pyrrole nitrogens is 1. The second-order valence-corrected chi connectivity index (χ2v) is 6.30. The van der Waals surface area contributed by atoms with Crippen molar-refractivity contribution in [2.75, 3.05) is 0 Å². The van der Waals surface area contributed by atoms with E-state index in [0.717, 1.165) is 40.0 Å². The summed E-state index contributed by atoms with van der Waals surface area (Å²) >= 11 is 0. The third-order valence-electron chi connectivity index (χ3n) is 4.97. The van der Waals surface area contributed by atoms with Gasteiger partial charge in [-0.2, -0.15) is 0 Å². The number of nitrogens with zero attached hydrogens (tertiary/aromatic N) is 2. The van der Waals surface area contributed by atoms with Gasteiger partial charge in [0.2, 0.25) is 0 Å². The molecule has 1 aliphatic carbocycles. The Hall–Kier alpha value is -2.36. The highest BCUT2D eigenvalue weighted by molar-refractivity contribution is 6.13. The number of hydrogen-bond donors (Lipinski definition) is 1. The van der Waals surface area contributed by atoms with Gasteiger partial charge in [-0.1, -0.05) is 25.1 Å². The number of Topliss-reactive ketones (excluding diaryl/α,β-unsaturated/α-hetero) is 1.